The molecule has 1 amide bonds. The molecular weight excluding hydrogens is 371 g/mol. The third-order valence-corrected chi connectivity index (χ3v) is 3.38. The number of amides is 1. The number of pyridine rings is 1. The Kier molecular flexibility index (Phi) is 6.34. The number of nitrogens with one attached hydrogen (secondary N) is 2. The van der Waals surface area contributed by atoms with Crippen molar-refractivity contribution in [1.82, 2.24) is 10.3 Å². The highest BCUT2D eigenvalue weighted by molar-refractivity contribution is 5.68. The van der Waals surface area contributed by atoms with E-state index in [1.54, 1.807) is 20.8 Å². The summed E-state index contributed by atoms with van der Waals surface area (Å²) in [5, 5.41) is 16.4. The van der Waals surface area contributed by atoms with E-state index in [-0.39, 0.29) is 29.5 Å². The summed E-state index contributed by atoms with van der Waals surface area (Å²) >= 11 is 0. The number of rotatable bonds is 6. The third kappa shape index (κ3) is 5.79. The molecule has 10 heteroatoms. The minimum Gasteiger partial charge on any atom is -0.481 e. The van der Waals surface area contributed by atoms with Crippen molar-refractivity contribution in [3.8, 4) is 5.88 Å². The summed E-state index contributed by atoms with van der Waals surface area (Å²) in [6.07, 6.45) is -0.685. The number of halogens is 1. The number of hydrogen-bond acceptors (Lipinski definition) is 7. The Morgan fingerprint density at radius 3 is 2.61 bits per heavy atom. The van der Waals surface area contributed by atoms with Gasteiger partial charge in [-0.05, 0) is 39.0 Å². The summed E-state index contributed by atoms with van der Waals surface area (Å²) in [6.45, 7) is 5.02. The predicted molar refractivity (Wildman–Crippen MR) is 100 cm³/mol. The highest BCUT2D eigenvalue weighted by Gasteiger charge is 2.18. The molecule has 2 aromatic rings. The van der Waals surface area contributed by atoms with E-state index in [2.05, 4.69) is 15.6 Å². The molecule has 0 saturated heterocycles. The predicted octanol–water partition coefficient (Wildman–Crippen LogP) is 3.91. The maximum Gasteiger partial charge on any atom is 0.407 e. The molecule has 0 bridgehead atoms. The lowest BCUT2D eigenvalue weighted by molar-refractivity contribution is -0.384. The van der Waals surface area contributed by atoms with Crippen LogP contribution in [0.4, 0.5) is 26.4 Å². The molecule has 0 atom stereocenters. The normalized spacial score (nSPS) is 10.9. The van der Waals surface area contributed by atoms with Crippen LogP contribution in [-0.2, 0) is 11.3 Å². The van der Waals surface area contributed by atoms with Crippen LogP contribution in [0, 0.1) is 15.9 Å². The number of aromatic nitrogens is 1. The van der Waals surface area contributed by atoms with Gasteiger partial charge in [0.1, 0.15) is 11.4 Å². The van der Waals surface area contributed by atoms with E-state index in [0.29, 0.717) is 5.69 Å². The fourth-order valence-electron chi connectivity index (χ4n) is 2.19. The molecule has 2 rings (SSSR count). The zero-order valence-corrected chi connectivity index (χ0v) is 15.9. The van der Waals surface area contributed by atoms with E-state index in [1.165, 1.54) is 37.4 Å². The molecule has 0 radical (unpaired) electrons. The van der Waals surface area contributed by atoms with Gasteiger partial charge in [0.25, 0.3) is 0 Å². The summed E-state index contributed by atoms with van der Waals surface area (Å²) in [7, 11) is 1.39. The molecule has 0 saturated carbocycles. The number of nitrogens with zero attached hydrogens (tertiary/aromatic N) is 2. The van der Waals surface area contributed by atoms with Crippen LogP contribution in [0.2, 0.25) is 0 Å². The van der Waals surface area contributed by atoms with Gasteiger partial charge in [0, 0.05) is 29.9 Å². The molecule has 0 aliphatic heterocycles. The number of methoxy groups -OCH3 is 1. The molecule has 28 heavy (non-hydrogen) atoms. The Hall–Kier alpha value is -3.43. The van der Waals surface area contributed by atoms with Crippen LogP contribution in [0.15, 0.2) is 30.3 Å². The zero-order chi connectivity index (χ0) is 20.9. The molecule has 150 valence electrons. The Morgan fingerprint density at radius 1 is 1.29 bits per heavy atom. The molecule has 0 fully saturated rings. The molecular formula is C18H21FN4O5. The average Bonchev–Trinajstić information content (AvgIpc) is 2.60. The fourth-order valence-corrected chi connectivity index (χ4v) is 2.19. The molecule has 0 aliphatic carbocycles. The highest BCUT2D eigenvalue weighted by Crippen LogP contribution is 2.28. The molecule has 1 aromatic carbocycles. The van der Waals surface area contributed by atoms with Gasteiger partial charge in [0.15, 0.2) is 0 Å². The molecule has 9 nitrogen and oxygen atoms in total. The Bertz CT molecular complexity index is 883. The van der Waals surface area contributed by atoms with E-state index >= 15 is 0 Å². The summed E-state index contributed by atoms with van der Waals surface area (Å²) < 4.78 is 24.1. The largest absolute Gasteiger partial charge is 0.481 e. The molecule has 2 N–H and O–H groups in total. The smallest absolute Gasteiger partial charge is 0.407 e. The van der Waals surface area contributed by atoms with Crippen molar-refractivity contribution < 1.29 is 23.6 Å². The van der Waals surface area contributed by atoms with Crippen molar-refractivity contribution in [3.63, 3.8) is 0 Å². The van der Waals surface area contributed by atoms with Crippen LogP contribution in [0.5, 0.6) is 5.88 Å². The second-order valence-electron chi connectivity index (χ2n) is 6.77. The standard InChI is InChI=1S/C18H21FN4O5/c1-18(2,3)28-17(24)20-10-11-9-12(5-6-13(11)19)21-16-14(23(25)26)7-8-15(22-16)27-4/h5-9H,10H2,1-4H3,(H,20,24)(H,21,22). The van der Waals surface area contributed by atoms with Crippen LogP contribution in [-0.4, -0.2) is 28.7 Å². The lowest BCUT2D eigenvalue weighted by atomic mass is 10.2. The SMILES string of the molecule is COc1ccc([N+](=O)[O-])c(Nc2ccc(F)c(CNC(=O)OC(C)(C)C)c2)n1. The first-order valence-electron chi connectivity index (χ1n) is 8.31. The second kappa shape index (κ2) is 8.51. The van der Waals surface area contributed by atoms with Gasteiger partial charge in [0.05, 0.1) is 12.0 Å². The lowest BCUT2D eigenvalue weighted by Crippen LogP contribution is -2.32. The van der Waals surface area contributed by atoms with Crippen molar-refractivity contribution in [2.75, 3.05) is 12.4 Å². The number of alkyl carbamates (subject to hydrolysis) is 1. The molecule has 0 spiro atoms. The molecule has 0 unspecified atom stereocenters. The van der Waals surface area contributed by atoms with Crippen LogP contribution in [0.25, 0.3) is 0 Å². The number of anilines is 2. The van der Waals surface area contributed by atoms with Gasteiger partial charge < -0.3 is 20.1 Å². The number of hydrogen-bond donors (Lipinski definition) is 2. The van der Waals surface area contributed by atoms with E-state index in [4.69, 9.17) is 9.47 Å². The number of nitro groups is 1. The van der Waals surface area contributed by atoms with Crippen LogP contribution in [0.1, 0.15) is 26.3 Å². The van der Waals surface area contributed by atoms with Gasteiger partial charge in [-0.15, -0.1) is 0 Å². The zero-order valence-electron chi connectivity index (χ0n) is 15.9. The van der Waals surface area contributed by atoms with Gasteiger partial charge in [-0.25, -0.2) is 9.18 Å². The van der Waals surface area contributed by atoms with Crippen LogP contribution in [0.3, 0.4) is 0 Å². The van der Waals surface area contributed by atoms with Gasteiger partial charge in [-0.1, -0.05) is 0 Å². The Balaban J connectivity index is 2.19. The van der Waals surface area contributed by atoms with Crippen LogP contribution < -0.4 is 15.4 Å². The molecule has 0 aliphatic rings. The maximum absolute atomic E-state index is 14.1. The first-order valence-corrected chi connectivity index (χ1v) is 8.31. The summed E-state index contributed by atoms with van der Waals surface area (Å²) in [4.78, 5) is 26.3. The third-order valence-electron chi connectivity index (χ3n) is 3.38. The maximum atomic E-state index is 14.1. The highest BCUT2D eigenvalue weighted by atomic mass is 19.1. The molecule has 1 heterocycles. The monoisotopic (exact) mass is 392 g/mol. The van der Waals surface area contributed by atoms with Gasteiger partial charge in [-0.2, -0.15) is 4.98 Å². The van der Waals surface area contributed by atoms with E-state index in [9.17, 15) is 19.3 Å². The van der Waals surface area contributed by atoms with Crippen molar-refractivity contribution in [2.45, 2.75) is 32.9 Å². The fraction of sp³-hybridized carbons (Fsp3) is 0.333. The summed E-state index contributed by atoms with van der Waals surface area (Å²) in [6, 6.07) is 6.61. The van der Waals surface area contributed by atoms with Crippen molar-refractivity contribution in [1.29, 1.82) is 0 Å². The van der Waals surface area contributed by atoms with Crippen molar-refractivity contribution >= 4 is 23.3 Å². The number of carbonyl (C=O) groups is 1. The minimum atomic E-state index is -0.685. The van der Waals surface area contributed by atoms with Gasteiger partial charge in [-0.3, -0.25) is 10.1 Å². The Labute approximate surface area is 161 Å². The van der Waals surface area contributed by atoms with Crippen LogP contribution >= 0.6 is 0 Å². The summed E-state index contributed by atoms with van der Waals surface area (Å²) in [5.74, 6) is -0.418. The quantitative estimate of drug-likeness (QED) is 0.566. The topological polar surface area (TPSA) is 116 Å². The number of carbonyl (C=O) groups excluding carboxylic acids is 1. The minimum absolute atomic E-state index is 0.0537. The molecule has 1 aromatic heterocycles. The van der Waals surface area contributed by atoms with Crippen molar-refractivity contribution in [2.24, 2.45) is 0 Å². The van der Waals surface area contributed by atoms with E-state index in [1.807, 2.05) is 0 Å². The van der Waals surface area contributed by atoms with Crippen molar-refractivity contribution in [3.05, 3.63) is 51.8 Å². The van der Waals surface area contributed by atoms with E-state index < -0.39 is 22.4 Å². The number of ether oxygens (including phenoxy) is 2. The van der Waals surface area contributed by atoms with Gasteiger partial charge >= 0.3 is 11.8 Å². The first-order chi connectivity index (χ1) is 13.1. The van der Waals surface area contributed by atoms with E-state index in [0.717, 1.165) is 0 Å². The summed E-state index contributed by atoms with van der Waals surface area (Å²) in [5.41, 5.74) is -0.422. The first kappa shape index (κ1) is 20.9. The lowest BCUT2D eigenvalue weighted by Gasteiger charge is -2.19. The second-order valence-corrected chi connectivity index (χ2v) is 6.77. The number of benzene rings is 1. The van der Waals surface area contributed by atoms with Gasteiger partial charge in [0.2, 0.25) is 11.7 Å². The Morgan fingerprint density at radius 2 is 2.00 bits per heavy atom. The average molecular weight is 392 g/mol.